The molecule has 0 N–H and O–H groups in total. The summed E-state index contributed by atoms with van der Waals surface area (Å²) in [4.78, 5) is 10.2. The first-order chi connectivity index (χ1) is 4.64. The first kappa shape index (κ1) is 7.69. The summed E-state index contributed by atoms with van der Waals surface area (Å²) in [5.74, 6) is 0. The number of carbonyl (C=O) groups excluding carboxylic acids is 1. The Kier molecular flexibility index (Phi) is 2.06. The molecule has 0 amide bonds. The summed E-state index contributed by atoms with van der Waals surface area (Å²) in [5.41, 5.74) is -0.302. The van der Waals surface area contributed by atoms with E-state index in [1.165, 1.54) is 0 Å². The third kappa shape index (κ3) is 1.78. The lowest BCUT2D eigenvalue weighted by Gasteiger charge is -2.33. The van der Waals surface area contributed by atoms with Gasteiger partial charge in [-0.25, -0.2) is 0 Å². The highest BCUT2D eigenvalue weighted by Gasteiger charge is 2.28. The van der Waals surface area contributed by atoms with Gasteiger partial charge in [-0.3, -0.25) is 0 Å². The highest BCUT2D eigenvalue weighted by molar-refractivity contribution is 5.56. The van der Waals surface area contributed by atoms with Crippen LogP contribution in [0, 0.1) is 0 Å². The van der Waals surface area contributed by atoms with Crippen molar-refractivity contribution in [2.45, 2.75) is 25.6 Å². The minimum absolute atomic E-state index is 0.302. The molecule has 3 heteroatoms. The smallest absolute Gasteiger partial charge is 0.151 e. The molecule has 58 valence electrons. The van der Waals surface area contributed by atoms with Crippen LogP contribution in [0.5, 0.6) is 0 Å². The highest BCUT2D eigenvalue weighted by Crippen LogP contribution is 2.16. The molecule has 1 saturated heterocycles. The van der Waals surface area contributed by atoms with Crippen molar-refractivity contribution in [3.05, 3.63) is 0 Å². The molecule has 0 aromatic rings. The fourth-order valence-corrected chi connectivity index (χ4v) is 0.966. The van der Waals surface area contributed by atoms with Gasteiger partial charge in [0.15, 0.2) is 6.29 Å². The minimum Gasteiger partial charge on any atom is -0.375 e. The van der Waals surface area contributed by atoms with Crippen LogP contribution in [0.2, 0.25) is 0 Å². The van der Waals surface area contributed by atoms with E-state index in [-0.39, 0.29) is 11.7 Å². The van der Waals surface area contributed by atoms with Crippen LogP contribution in [0.1, 0.15) is 13.8 Å². The zero-order valence-corrected chi connectivity index (χ0v) is 6.29. The van der Waals surface area contributed by atoms with Crippen molar-refractivity contribution in [1.29, 1.82) is 0 Å². The molecule has 0 bridgehead atoms. The summed E-state index contributed by atoms with van der Waals surface area (Å²) in [6.07, 6.45) is 0.407. The Morgan fingerprint density at radius 1 is 1.60 bits per heavy atom. The molecular weight excluding hydrogens is 132 g/mol. The molecule has 0 saturated carbocycles. The Balaban J connectivity index is 2.47. The number of rotatable bonds is 1. The van der Waals surface area contributed by atoms with Crippen LogP contribution in [-0.2, 0) is 14.3 Å². The second-order valence-corrected chi connectivity index (χ2v) is 3.07. The Morgan fingerprint density at radius 2 is 2.30 bits per heavy atom. The maximum Gasteiger partial charge on any atom is 0.151 e. The van der Waals surface area contributed by atoms with E-state index in [2.05, 4.69) is 0 Å². The van der Waals surface area contributed by atoms with Crippen LogP contribution in [0.25, 0.3) is 0 Å². The Labute approximate surface area is 60.3 Å². The van der Waals surface area contributed by atoms with Gasteiger partial charge in [0.25, 0.3) is 0 Å². The molecular formula is C7H12O3. The van der Waals surface area contributed by atoms with E-state index in [1.54, 1.807) is 0 Å². The van der Waals surface area contributed by atoms with Crippen molar-refractivity contribution < 1.29 is 14.3 Å². The van der Waals surface area contributed by atoms with Gasteiger partial charge in [0, 0.05) is 0 Å². The maximum absolute atomic E-state index is 10.2. The van der Waals surface area contributed by atoms with Gasteiger partial charge in [-0.2, -0.15) is 0 Å². The second-order valence-electron chi connectivity index (χ2n) is 3.07. The minimum atomic E-state index is -0.372. The predicted octanol–water partition coefficient (Wildman–Crippen LogP) is 0.379. The summed E-state index contributed by atoms with van der Waals surface area (Å²) in [6.45, 7) is 4.77. The number of ether oxygens (including phenoxy) is 2. The molecule has 1 unspecified atom stereocenters. The number of hydrogen-bond donors (Lipinski definition) is 0. The monoisotopic (exact) mass is 144 g/mol. The largest absolute Gasteiger partial charge is 0.375 e. The van der Waals surface area contributed by atoms with Gasteiger partial charge in [0.1, 0.15) is 6.10 Å². The fraction of sp³-hybridized carbons (Fsp3) is 0.857. The second kappa shape index (κ2) is 2.68. The molecule has 1 aliphatic heterocycles. The molecule has 0 aliphatic carbocycles. The first-order valence-electron chi connectivity index (χ1n) is 3.35. The summed E-state index contributed by atoms with van der Waals surface area (Å²) in [6, 6.07) is 0. The summed E-state index contributed by atoms with van der Waals surface area (Å²) in [5, 5.41) is 0. The molecule has 10 heavy (non-hydrogen) atoms. The molecule has 1 fully saturated rings. The van der Waals surface area contributed by atoms with E-state index in [0.717, 1.165) is 6.29 Å². The van der Waals surface area contributed by atoms with Crippen LogP contribution >= 0.6 is 0 Å². The SMILES string of the molecule is CC1(C)COCC(C=O)O1. The number of hydrogen-bond acceptors (Lipinski definition) is 3. The fourth-order valence-electron chi connectivity index (χ4n) is 0.966. The van der Waals surface area contributed by atoms with Crippen LogP contribution in [-0.4, -0.2) is 31.2 Å². The van der Waals surface area contributed by atoms with Crippen molar-refractivity contribution in [3.8, 4) is 0 Å². The van der Waals surface area contributed by atoms with E-state index in [1.807, 2.05) is 13.8 Å². The van der Waals surface area contributed by atoms with E-state index >= 15 is 0 Å². The normalized spacial score (nSPS) is 31.6. The van der Waals surface area contributed by atoms with E-state index < -0.39 is 0 Å². The average Bonchev–Trinajstić information content (AvgIpc) is 1.86. The molecule has 1 heterocycles. The molecule has 0 aromatic heterocycles. The van der Waals surface area contributed by atoms with Gasteiger partial charge in [-0.15, -0.1) is 0 Å². The van der Waals surface area contributed by atoms with Crippen molar-refractivity contribution >= 4 is 6.29 Å². The predicted molar refractivity (Wildman–Crippen MR) is 35.8 cm³/mol. The van der Waals surface area contributed by atoms with Gasteiger partial charge in [0.05, 0.1) is 18.8 Å². The topological polar surface area (TPSA) is 35.5 Å². The summed E-state index contributed by atoms with van der Waals surface area (Å²) in [7, 11) is 0. The van der Waals surface area contributed by atoms with E-state index in [4.69, 9.17) is 9.47 Å². The molecule has 1 rings (SSSR count). The zero-order chi connectivity index (χ0) is 7.61. The van der Waals surface area contributed by atoms with E-state index in [9.17, 15) is 4.79 Å². The first-order valence-corrected chi connectivity index (χ1v) is 3.35. The standard InChI is InChI=1S/C7H12O3/c1-7(2)5-9-4-6(3-8)10-7/h3,6H,4-5H2,1-2H3. The van der Waals surface area contributed by atoms with E-state index in [0.29, 0.717) is 13.2 Å². The van der Waals surface area contributed by atoms with Gasteiger partial charge in [-0.1, -0.05) is 0 Å². The number of aldehydes is 1. The summed E-state index contributed by atoms with van der Waals surface area (Å²) >= 11 is 0. The Morgan fingerprint density at radius 3 is 2.70 bits per heavy atom. The Hall–Kier alpha value is -0.410. The van der Waals surface area contributed by atoms with Gasteiger partial charge in [-0.05, 0) is 13.8 Å². The molecule has 3 nitrogen and oxygen atoms in total. The van der Waals surface area contributed by atoms with Crippen molar-refractivity contribution in [2.75, 3.05) is 13.2 Å². The molecule has 0 aromatic carbocycles. The van der Waals surface area contributed by atoms with Crippen molar-refractivity contribution in [2.24, 2.45) is 0 Å². The lowest BCUT2D eigenvalue weighted by molar-refractivity contribution is -0.180. The highest BCUT2D eigenvalue weighted by atomic mass is 16.6. The lowest BCUT2D eigenvalue weighted by atomic mass is 10.1. The quantitative estimate of drug-likeness (QED) is 0.499. The average molecular weight is 144 g/mol. The van der Waals surface area contributed by atoms with Gasteiger partial charge < -0.3 is 14.3 Å². The molecule has 0 radical (unpaired) electrons. The van der Waals surface area contributed by atoms with Gasteiger partial charge >= 0.3 is 0 Å². The number of carbonyl (C=O) groups is 1. The van der Waals surface area contributed by atoms with Crippen LogP contribution in [0.3, 0.4) is 0 Å². The molecule has 0 spiro atoms. The lowest BCUT2D eigenvalue weighted by Crippen LogP contribution is -2.43. The third-order valence-corrected chi connectivity index (χ3v) is 1.35. The van der Waals surface area contributed by atoms with Crippen molar-refractivity contribution in [3.63, 3.8) is 0 Å². The summed E-state index contributed by atoms with van der Waals surface area (Å²) < 4.78 is 10.5. The molecule has 1 atom stereocenters. The van der Waals surface area contributed by atoms with Crippen LogP contribution in [0.15, 0.2) is 0 Å². The molecule has 1 aliphatic rings. The maximum atomic E-state index is 10.2. The Bertz CT molecular complexity index is 131. The van der Waals surface area contributed by atoms with Gasteiger partial charge in [0.2, 0.25) is 0 Å². The zero-order valence-electron chi connectivity index (χ0n) is 6.29. The van der Waals surface area contributed by atoms with Crippen LogP contribution < -0.4 is 0 Å². The van der Waals surface area contributed by atoms with Crippen LogP contribution in [0.4, 0.5) is 0 Å². The third-order valence-electron chi connectivity index (χ3n) is 1.35. The van der Waals surface area contributed by atoms with Crippen molar-refractivity contribution in [1.82, 2.24) is 0 Å².